The fourth-order valence-electron chi connectivity index (χ4n) is 1.54. The van der Waals surface area contributed by atoms with Crippen LogP contribution in [0.25, 0.3) is 11.6 Å². The Morgan fingerprint density at radius 1 is 1.33 bits per heavy atom. The Balaban J connectivity index is 2.07. The number of furan rings is 1. The van der Waals surface area contributed by atoms with Crippen molar-refractivity contribution in [3.8, 4) is 11.6 Å². The van der Waals surface area contributed by atoms with Gasteiger partial charge in [0.05, 0.1) is 6.26 Å². The van der Waals surface area contributed by atoms with Gasteiger partial charge in [0.25, 0.3) is 0 Å². The van der Waals surface area contributed by atoms with Crippen LogP contribution in [0.15, 0.2) is 28.9 Å². The van der Waals surface area contributed by atoms with Gasteiger partial charge in [0.1, 0.15) is 5.15 Å². The lowest BCUT2D eigenvalue weighted by atomic mass is 10.3. The highest BCUT2D eigenvalue weighted by atomic mass is 35.5. The van der Waals surface area contributed by atoms with Crippen LogP contribution in [0.5, 0.6) is 0 Å². The van der Waals surface area contributed by atoms with Gasteiger partial charge in [-0.05, 0) is 31.0 Å². The molecule has 0 aromatic carbocycles. The normalized spacial score (nSPS) is 15.5. The van der Waals surface area contributed by atoms with Gasteiger partial charge in [-0.1, -0.05) is 11.6 Å². The molecule has 0 N–H and O–H groups in total. The van der Waals surface area contributed by atoms with E-state index in [-0.39, 0.29) is 0 Å². The minimum atomic E-state index is 0.485. The van der Waals surface area contributed by atoms with Gasteiger partial charge < -0.3 is 4.42 Å². The van der Waals surface area contributed by atoms with Gasteiger partial charge in [-0.25, -0.2) is 9.97 Å². The predicted octanol–water partition coefficient (Wildman–Crippen LogP) is 3.27. The summed E-state index contributed by atoms with van der Waals surface area (Å²) >= 11 is 5.95. The Morgan fingerprint density at radius 2 is 2.20 bits per heavy atom. The lowest BCUT2D eigenvalue weighted by Gasteiger charge is -2.01. The molecule has 0 spiro atoms. The topological polar surface area (TPSA) is 38.9 Å². The third-order valence-corrected chi connectivity index (χ3v) is 2.65. The summed E-state index contributed by atoms with van der Waals surface area (Å²) in [5.41, 5.74) is 1.03. The van der Waals surface area contributed by atoms with Crippen molar-refractivity contribution in [2.45, 2.75) is 18.8 Å². The first kappa shape index (κ1) is 8.92. The Labute approximate surface area is 92.1 Å². The number of hydrogen-bond acceptors (Lipinski definition) is 3. The maximum Gasteiger partial charge on any atom is 0.197 e. The lowest BCUT2D eigenvalue weighted by molar-refractivity contribution is 0.576. The van der Waals surface area contributed by atoms with Crippen molar-refractivity contribution in [3.05, 3.63) is 35.3 Å². The second kappa shape index (κ2) is 3.35. The zero-order valence-electron chi connectivity index (χ0n) is 7.98. The molecule has 2 aromatic heterocycles. The number of halogens is 1. The molecule has 0 atom stereocenters. The van der Waals surface area contributed by atoms with Crippen LogP contribution in [0.2, 0.25) is 5.15 Å². The number of nitrogens with zero attached hydrogens (tertiary/aromatic N) is 2. The van der Waals surface area contributed by atoms with E-state index in [1.54, 1.807) is 6.26 Å². The number of hydrogen-bond donors (Lipinski definition) is 0. The monoisotopic (exact) mass is 220 g/mol. The van der Waals surface area contributed by atoms with Crippen LogP contribution in [0.1, 0.15) is 24.5 Å². The van der Waals surface area contributed by atoms with Gasteiger partial charge >= 0.3 is 0 Å². The molecule has 0 amide bonds. The molecule has 1 aliphatic carbocycles. The molecule has 2 aromatic rings. The largest absolute Gasteiger partial charge is 0.461 e. The standard InChI is InChI=1S/C11H9ClN2O/c12-10-6-8(7-3-4-7)13-11(14-10)9-2-1-5-15-9/h1-2,5-7H,3-4H2. The summed E-state index contributed by atoms with van der Waals surface area (Å²) in [6.45, 7) is 0. The van der Waals surface area contributed by atoms with Gasteiger partial charge in [-0.3, -0.25) is 0 Å². The Hall–Kier alpha value is -1.35. The Kier molecular flexibility index (Phi) is 1.99. The summed E-state index contributed by atoms with van der Waals surface area (Å²) in [6, 6.07) is 5.49. The second-order valence-corrected chi connectivity index (χ2v) is 4.08. The first-order valence-electron chi connectivity index (χ1n) is 4.91. The summed E-state index contributed by atoms with van der Waals surface area (Å²) in [4.78, 5) is 8.60. The van der Waals surface area contributed by atoms with E-state index in [1.807, 2.05) is 18.2 Å². The predicted molar refractivity (Wildman–Crippen MR) is 56.7 cm³/mol. The molecule has 1 fully saturated rings. The van der Waals surface area contributed by atoms with E-state index in [4.69, 9.17) is 16.0 Å². The van der Waals surface area contributed by atoms with Crippen LogP contribution in [-0.2, 0) is 0 Å². The van der Waals surface area contributed by atoms with Crippen molar-refractivity contribution in [1.82, 2.24) is 9.97 Å². The second-order valence-electron chi connectivity index (χ2n) is 3.69. The van der Waals surface area contributed by atoms with Crippen molar-refractivity contribution < 1.29 is 4.42 Å². The molecule has 76 valence electrons. The van der Waals surface area contributed by atoms with E-state index >= 15 is 0 Å². The molecule has 0 unspecified atom stereocenters. The maximum absolute atomic E-state index is 5.95. The van der Waals surface area contributed by atoms with Crippen LogP contribution in [0, 0.1) is 0 Å². The molecule has 1 saturated carbocycles. The summed E-state index contributed by atoms with van der Waals surface area (Å²) in [6.07, 6.45) is 4.01. The Bertz CT molecular complexity index is 477. The molecule has 3 rings (SSSR count). The van der Waals surface area contributed by atoms with Crippen LogP contribution in [0.3, 0.4) is 0 Å². The summed E-state index contributed by atoms with van der Waals surface area (Å²) in [5, 5.41) is 0.485. The number of rotatable bonds is 2. The van der Waals surface area contributed by atoms with Crippen molar-refractivity contribution in [2.24, 2.45) is 0 Å². The van der Waals surface area contributed by atoms with Crippen molar-refractivity contribution in [1.29, 1.82) is 0 Å². The van der Waals surface area contributed by atoms with Gasteiger partial charge in [-0.15, -0.1) is 0 Å². The van der Waals surface area contributed by atoms with Crippen LogP contribution >= 0.6 is 11.6 Å². The van der Waals surface area contributed by atoms with Crippen LogP contribution in [0.4, 0.5) is 0 Å². The molecule has 2 heterocycles. The van der Waals surface area contributed by atoms with Crippen LogP contribution in [-0.4, -0.2) is 9.97 Å². The number of aromatic nitrogens is 2. The lowest BCUT2D eigenvalue weighted by Crippen LogP contribution is -1.93. The molecule has 0 aliphatic heterocycles. The smallest absolute Gasteiger partial charge is 0.197 e. The van der Waals surface area contributed by atoms with Gasteiger partial charge in [0, 0.05) is 11.6 Å². The SMILES string of the molecule is Clc1cc(C2CC2)nc(-c2ccco2)n1. The molecule has 4 heteroatoms. The van der Waals surface area contributed by atoms with E-state index in [0.29, 0.717) is 22.7 Å². The molecule has 1 aliphatic rings. The zero-order chi connectivity index (χ0) is 10.3. The quantitative estimate of drug-likeness (QED) is 0.730. The fourth-order valence-corrected chi connectivity index (χ4v) is 1.73. The molecule has 3 nitrogen and oxygen atoms in total. The summed E-state index contributed by atoms with van der Waals surface area (Å²) in [7, 11) is 0. The van der Waals surface area contributed by atoms with Crippen molar-refractivity contribution >= 4 is 11.6 Å². The molecule has 15 heavy (non-hydrogen) atoms. The van der Waals surface area contributed by atoms with E-state index in [0.717, 1.165) is 5.69 Å². The molecular weight excluding hydrogens is 212 g/mol. The van der Waals surface area contributed by atoms with E-state index < -0.39 is 0 Å². The van der Waals surface area contributed by atoms with E-state index in [1.165, 1.54) is 12.8 Å². The molecule has 0 saturated heterocycles. The first-order valence-corrected chi connectivity index (χ1v) is 5.29. The van der Waals surface area contributed by atoms with Crippen LogP contribution < -0.4 is 0 Å². The average molecular weight is 221 g/mol. The van der Waals surface area contributed by atoms with Gasteiger partial charge in [0.2, 0.25) is 0 Å². The first-order chi connectivity index (χ1) is 7.33. The molecule has 0 bridgehead atoms. The van der Waals surface area contributed by atoms with Crippen molar-refractivity contribution in [3.63, 3.8) is 0 Å². The third kappa shape index (κ3) is 1.75. The molecule has 0 radical (unpaired) electrons. The minimum absolute atomic E-state index is 0.485. The fraction of sp³-hybridized carbons (Fsp3) is 0.273. The van der Waals surface area contributed by atoms with Gasteiger partial charge in [-0.2, -0.15) is 0 Å². The highest BCUT2D eigenvalue weighted by Gasteiger charge is 2.26. The summed E-state index contributed by atoms with van der Waals surface area (Å²) in [5.74, 6) is 1.81. The van der Waals surface area contributed by atoms with E-state index in [2.05, 4.69) is 9.97 Å². The summed E-state index contributed by atoms with van der Waals surface area (Å²) < 4.78 is 5.25. The Morgan fingerprint density at radius 3 is 2.87 bits per heavy atom. The average Bonchev–Trinajstić information content (AvgIpc) is 2.93. The highest BCUT2D eigenvalue weighted by molar-refractivity contribution is 6.29. The van der Waals surface area contributed by atoms with Crippen molar-refractivity contribution in [2.75, 3.05) is 0 Å². The zero-order valence-corrected chi connectivity index (χ0v) is 8.74. The third-order valence-electron chi connectivity index (χ3n) is 2.45. The van der Waals surface area contributed by atoms with E-state index in [9.17, 15) is 0 Å². The highest BCUT2D eigenvalue weighted by Crippen LogP contribution is 2.40. The molecular formula is C11H9ClN2O. The minimum Gasteiger partial charge on any atom is -0.461 e. The maximum atomic E-state index is 5.95. The van der Waals surface area contributed by atoms with Gasteiger partial charge in [0.15, 0.2) is 11.6 Å².